The summed E-state index contributed by atoms with van der Waals surface area (Å²) >= 11 is 0. The number of anilines is 1. The first kappa shape index (κ1) is 17.9. The number of unbranched alkanes of at least 4 members (excludes halogenated alkanes) is 1. The van der Waals surface area contributed by atoms with Crippen LogP contribution < -0.4 is 10.2 Å². The van der Waals surface area contributed by atoms with E-state index in [0.29, 0.717) is 6.42 Å². The van der Waals surface area contributed by atoms with Crippen LogP contribution >= 0.6 is 21.6 Å². The average Bonchev–Trinajstić information content (AvgIpc) is 3.39. The zero-order valence-corrected chi connectivity index (χ0v) is 16.3. The third kappa shape index (κ3) is 4.25. The van der Waals surface area contributed by atoms with Crippen LogP contribution in [-0.2, 0) is 4.79 Å². The first-order valence-corrected chi connectivity index (χ1v) is 11.6. The fourth-order valence-corrected chi connectivity index (χ4v) is 6.59. The summed E-state index contributed by atoms with van der Waals surface area (Å²) in [6.45, 7) is 1.66. The Bertz CT molecular complexity index is 748. The van der Waals surface area contributed by atoms with Crippen molar-refractivity contribution in [1.82, 2.24) is 24.9 Å². The minimum atomic E-state index is 0.180. The molecule has 0 saturated carbocycles. The first-order chi connectivity index (χ1) is 12.8. The molecule has 2 saturated heterocycles. The second-order valence-electron chi connectivity index (χ2n) is 6.89. The molecule has 1 amide bonds. The Morgan fingerprint density at radius 3 is 3.19 bits per heavy atom. The predicted octanol–water partition coefficient (Wildman–Crippen LogP) is 2.53. The van der Waals surface area contributed by atoms with Crippen LogP contribution in [0.25, 0.3) is 5.65 Å². The van der Waals surface area contributed by atoms with E-state index in [0.717, 1.165) is 49.1 Å². The van der Waals surface area contributed by atoms with Crippen LogP contribution in [-0.4, -0.2) is 55.6 Å². The lowest BCUT2D eigenvalue weighted by atomic mass is 10.1. The molecule has 7 nitrogen and oxygen atoms in total. The van der Waals surface area contributed by atoms with Crippen molar-refractivity contribution >= 4 is 39.0 Å². The quantitative estimate of drug-likeness (QED) is 0.573. The van der Waals surface area contributed by atoms with Crippen LogP contribution in [0.5, 0.6) is 0 Å². The van der Waals surface area contributed by atoms with Gasteiger partial charge in [-0.25, -0.2) is 4.98 Å². The van der Waals surface area contributed by atoms with Gasteiger partial charge in [-0.05, 0) is 25.7 Å². The van der Waals surface area contributed by atoms with Gasteiger partial charge in [0.2, 0.25) is 11.6 Å². The minimum absolute atomic E-state index is 0.180. The third-order valence-corrected chi connectivity index (χ3v) is 7.96. The molecule has 0 aliphatic carbocycles. The standard InChI is InChI=1S/C17H24N6OS2/c24-15(4-2-1-3-14-6-10-25-26-14)20-13-5-8-22(11-13)16-17-21-19-12-23(17)9-7-18-16/h7,9,12-14H,1-6,8,10-11H2,(H,20,24)/t13-,14-/m0/s1. The van der Waals surface area contributed by atoms with Crippen molar-refractivity contribution in [3.8, 4) is 0 Å². The molecular weight excluding hydrogens is 368 g/mol. The van der Waals surface area contributed by atoms with Gasteiger partial charge in [-0.1, -0.05) is 28.0 Å². The van der Waals surface area contributed by atoms with Gasteiger partial charge in [0.1, 0.15) is 6.33 Å². The van der Waals surface area contributed by atoms with Crippen molar-refractivity contribution < 1.29 is 4.79 Å². The lowest BCUT2D eigenvalue weighted by molar-refractivity contribution is -0.121. The van der Waals surface area contributed by atoms with E-state index < -0.39 is 0 Å². The maximum atomic E-state index is 12.2. The molecule has 4 rings (SSSR count). The maximum Gasteiger partial charge on any atom is 0.220 e. The van der Waals surface area contributed by atoms with Gasteiger partial charge in [-0.15, -0.1) is 10.2 Å². The molecule has 2 aromatic heterocycles. The summed E-state index contributed by atoms with van der Waals surface area (Å²) in [5, 5.41) is 12.1. The van der Waals surface area contributed by atoms with Gasteiger partial charge < -0.3 is 10.2 Å². The Balaban J connectivity index is 1.21. The zero-order valence-electron chi connectivity index (χ0n) is 14.7. The van der Waals surface area contributed by atoms with Crippen LogP contribution in [0, 0.1) is 0 Å². The van der Waals surface area contributed by atoms with Crippen LogP contribution in [0.15, 0.2) is 18.7 Å². The molecule has 0 unspecified atom stereocenters. The smallest absolute Gasteiger partial charge is 0.220 e. The van der Waals surface area contributed by atoms with Gasteiger partial charge in [0.25, 0.3) is 0 Å². The Labute approximate surface area is 161 Å². The van der Waals surface area contributed by atoms with E-state index in [1.54, 1.807) is 12.5 Å². The molecule has 2 aromatic rings. The van der Waals surface area contributed by atoms with E-state index in [9.17, 15) is 4.79 Å². The molecule has 140 valence electrons. The van der Waals surface area contributed by atoms with E-state index >= 15 is 0 Å². The number of nitrogens with one attached hydrogen (secondary N) is 1. The number of carbonyl (C=O) groups excluding carboxylic acids is 1. The number of amides is 1. The Hall–Kier alpha value is -1.48. The van der Waals surface area contributed by atoms with E-state index in [4.69, 9.17) is 0 Å². The number of hydrogen-bond donors (Lipinski definition) is 1. The Kier molecular flexibility index (Phi) is 5.84. The zero-order chi connectivity index (χ0) is 17.8. The van der Waals surface area contributed by atoms with Crippen LogP contribution in [0.1, 0.15) is 38.5 Å². The summed E-state index contributed by atoms with van der Waals surface area (Å²) in [5.74, 6) is 2.30. The summed E-state index contributed by atoms with van der Waals surface area (Å²) in [4.78, 5) is 18.9. The average molecular weight is 393 g/mol. The van der Waals surface area contributed by atoms with E-state index in [2.05, 4.69) is 25.4 Å². The molecule has 2 aliphatic heterocycles. The second kappa shape index (κ2) is 8.47. The lowest BCUT2D eigenvalue weighted by Gasteiger charge is -2.18. The van der Waals surface area contributed by atoms with Crippen LogP contribution in [0.2, 0.25) is 0 Å². The van der Waals surface area contributed by atoms with E-state index in [1.807, 2.05) is 32.2 Å². The molecular formula is C17H24N6OS2. The fraction of sp³-hybridized carbons (Fsp3) is 0.647. The van der Waals surface area contributed by atoms with Gasteiger partial charge >= 0.3 is 0 Å². The monoisotopic (exact) mass is 392 g/mol. The van der Waals surface area contributed by atoms with Crippen molar-refractivity contribution in [2.24, 2.45) is 0 Å². The molecule has 26 heavy (non-hydrogen) atoms. The fourth-order valence-electron chi connectivity index (χ4n) is 3.56. The molecule has 0 radical (unpaired) electrons. The number of hydrogen-bond acceptors (Lipinski definition) is 7. The molecule has 2 aliphatic rings. The van der Waals surface area contributed by atoms with Gasteiger partial charge in [0.05, 0.1) is 0 Å². The van der Waals surface area contributed by atoms with Gasteiger partial charge in [-0.3, -0.25) is 9.20 Å². The van der Waals surface area contributed by atoms with E-state index in [1.165, 1.54) is 18.6 Å². The number of nitrogens with zero attached hydrogens (tertiary/aromatic N) is 5. The van der Waals surface area contributed by atoms with E-state index in [-0.39, 0.29) is 11.9 Å². The summed E-state index contributed by atoms with van der Waals surface area (Å²) in [5.41, 5.74) is 0.766. The summed E-state index contributed by atoms with van der Waals surface area (Å²) in [7, 11) is 4.01. The van der Waals surface area contributed by atoms with Crippen molar-refractivity contribution in [3.63, 3.8) is 0 Å². The third-order valence-electron chi connectivity index (χ3n) is 4.96. The molecule has 0 spiro atoms. The molecule has 0 bridgehead atoms. The molecule has 9 heteroatoms. The predicted molar refractivity (Wildman–Crippen MR) is 106 cm³/mol. The number of fused-ring (bicyclic) bond motifs is 1. The maximum absolute atomic E-state index is 12.2. The second-order valence-corrected chi connectivity index (χ2v) is 9.67. The summed E-state index contributed by atoms with van der Waals surface area (Å²) in [6, 6.07) is 0.189. The lowest BCUT2D eigenvalue weighted by Crippen LogP contribution is -2.37. The highest BCUT2D eigenvalue weighted by Gasteiger charge is 2.26. The highest BCUT2D eigenvalue weighted by molar-refractivity contribution is 8.77. The molecule has 4 heterocycles. The van der Waals surface area contributed by atoms with Crippen molar-refractivity contribution in [2.45, 2.75) is 49.8 Å². The van der Waals surface area contributed by atoms with Gasteiger partial charge in [-0.2, -0.15) is 0 Å². The molecule has 0 aromatic carbocycles. The van der Waals surface area contributed by atoms with Crippen molar-refractivity contribution in [3.05, 3.63) is 18.7 Å². The molecule has 2 fully saturated rings. The topological polar surface area (TPSA) is 75.4 Å². The highest BCUT2D eigenvalue weighted by atomic mass is 33.1. The molecule has 1 N–H and O–H groups in total. The SMILES string of the molecule is O=C(CCCC[C@H]1CCSS1)N[C@H]1CCN(c2nccn3cnnc23)C1. The van der Waals surface area contributed by atoms with Gasteiger partial charge in [0.15, 0.2) is 5.82 Å². The number of carbonyl (C=O) groups is 1. The Morgan fingerprint density at radius 1 is 1.35 bits per heavy atom. The number of rotatable bonds is 7. The minimum Gasteiger partial charge on any atom is -0.352 e. The largest absolute Gasteiger partial charge is 0.352 e. The summed E-state index contributed by atoms with van der Waals surface area (Å²) in [6.07, 6.45) is 11.6. The Morgan fingerprint density at radius 2 is 2.31 bits per heavy atom. The summed E-state index contributed by atoms with van der Waals surface area (Å²) < 4.78 is 1.87. The number of aromatic nitrogens is 4. The molecule has 2 atom stereocenters. The van der Waals surface area contributed by atoms with Crippen molar-refractivity contribution in [2.75, 3.05) is 23.7 Å². The normalized spacial score (nSPS) is 23.0. The highest BCUT2D eigenvalue weighted by Crippen LogP contribution is 2.39. The van der Waals surface area contributed by atoms with Crippen LogP contribution in [0.4, 0.5) is 5.82 Å². The van der Waals surface area contributed by atoms with Gasteiger partial charge in [0, 0.05) is 48.9 Å². The van der Waals surface area contributed by atoms with Crippen LogP contribution in [0.3, 0.4) is 0 Å². The first-order valence-electron chi connectivity index (χ1n) is 9.26. The van der Waals surface area contributed by atoms with Crippen molar-refractivity contribution in [1.29, 1.82) is 0 Å².